The molecule has 0 bridgehead atoms. The molecule has 0 aliphatic carbocycles. The van der Waals surface area contributed by atoms with Crippen molar-refractivity contribution in [3.63, 3.8) is 0 Å². The summed E-state index contributed by atoms with van der Waals surface area (Å²) >= 11 is 0. The molecule has 0 spiro atoms. The summed E-state index contributed by atoms with van der Waals surface area (Å²) in [4.78, 5) is 9.62. The van der Waals surface area contributed by atoms with Crippen LogP contribution in [0.5, 0.6) is 0 Å². The SMILES string of the molecule is CC(C)(C)c1nc(C(C)(C)C)c(C(C)(C)C)[n-]1.[Cl-].[Cl-].[Ti+3]. The molecule has 2 nitrogen and oxygen atoms in total. The molecule has 1 aromatic rings. The summed E-state index contributed by atoms with van der Waals surface area (Å²) in [6.07, 6.45) is 0. The minimum Gasteiger partial charge on any atom is -1.00 e. The van der Waals surface area contributed by atoms with Crippen molar-refractivity contribution < 1.29 is 46.5 Å². The molecule has 0 aliphatic heterocycles. The summed E-state index contributed by atoms with van der Waals surface area (Å²) in [6.45, 7) is 19.7. The van der Waals surface area contributed by atoms with E-state index in [1.165, 1.54) is 0 Å². The van der Waals surface area contributed by atoms with Crippen LogP contribution in [0.3, 0.4) is 0 Å². The van der Waals surface area contributed by atoms with E-state index in [9.17, 15) is 0 Å². The molecular weight excluding hydrogens is 327 g/mol. The Labute approximate surface area is 152 Å². The van der Waals surface area contributed by atoms with Crippen molar-refractivity contribution in [1.29, 1.82) is 0 Å². The molecule has 0 fully saturated rings. The molecule has 0 unspecified atom stereocenters. The van der Waals surface area contributed by atoms with E-state index in [1.807, 2.05) is 0 Å². The van der Waals surface area contributed by atoms with Gasteiger partial charge >= 0.3 is 21.7 Å². The Kier molecular flexibility index (Phi) is 9.77. The van der Waals surface area contributed by atoms with E-state index < -0.39 is 0 Å². The van der Waals surface area contributed by atoms with Crippen LogP contribution in [-0.4, -0.2) is 4.98 Å². The topological polar surface area (TPSA) is 27.0 Å². The van der Waals surface area contributed by atoms with Gasteiger partial charge in [-0.1, -0.05) is 79.5 Å². The third-order valence-electron chi connectivity index (χ3n) is 2.75. The van der Waals surface area contributed by atoms with Crippen LogP contribution in [-0.2, 0) is 38.0 Å². The second-order valence-corrected chi connectivity index (χ2v) is 7.99. The normalized spacial score (nSPS) is 12.1. The molecule has 1 heterocycles. The largest absolute Gasteiger partial charge is 3.00 e. The first-order chi connectivity index (χ1) is 7.33. The second-order valence-electron chi connectivity index (χ2n) is 7.99. The third kappa shape index (κ3) is 6.09. The smallest absolute Gasteiger partial charge is 1.00 e. The fraction of sp³-hybridized carbons (Fsp3) is 0.800. The van der Waals surface area contributed by atoms with E-state index in [0.29, 0.717) is 0 Å². The van der Waals surface area contributed by atoms with Crippen molar-refractivity contribution in [3.05, 3.63) is 17.2 Å². The summed E-state index contributed by atoms with van der Waals surface area (Å²) in [5, 5.41) is 0. The molecule has 0 aromatic carbocycles. The number of halogens is 2. The molecule has 1 rings (SSSR count). The number of nitrogens with zero attached hydrogens (tertiary/aromatic N) is 2. The zero-order chi connectivity index (χ0) is 13.6. The minimum atomic E-state index is 0. The molecule has 5 heteroatoms. The maximum absolute atomic E-state index is 4.81. The van der Waals surface area contributed by atoms with Gasteiger partial charge in [-0.3, -0.25) is 0 Å². The molecule has 0 amide bonds. The van der Waals surface area contributed by atoms with E-state index in [0.717, 1.165) is 17.2 Å². The molecule has 1 aromatic heterocycles. The van der Waals surface area contributed by atoms with Gasteiger partial charge in [-0.25, -0.2) is 0 Å². The van der Waals surface area contributed by atoms with Gasteiger partial charge in [0.1, 0.15) is 0 Å². The monoisotopic (exact) mass is 353 g/mol. The molecule has 0 saturated carbocycles. The first kappa shape index (κ1) is 25.5. The molecule has 0 saturated heterocycles. The zero-order valence-corrected chi connectivity index (χ0v) is 17.2. The van der Waals surface area contributed by atoms with Crippen molar-refractivity contribution in [1.82, 2.24) is 9.97 Å². The molecule has 115 valence electrons. The van der Waals surface area contributed by atoms with E-state index in [4.69, 9.17) is 9.97 Å². The standard InChI is InChI=1S/C15H27N2.2ClH.Ti/c1-13(2,3)10-11(14(4,5)6)17-12(16-10)15(7,8)9;;;/h1-9H3;2*1H;/q-1;;;+3/p-2. The fourth-order valence-electron chi connectivity index (χ4n) is 1.72. The first-order valence-electron chi connectivity index (χ1n) is 6.39. The summed E-state index contributed by atoms with van der Waals surface area (Å²) in [6, 6.07) is 0. The Balaban J connectivity index is -0.000000963. The van der Waals surface area contributed by atoms with Gasteiger partial charge in [0.05, 0.1) is 0 Å². The van der Waals surface area contributed by atoms with Crippen LogP contribution in [0.2, 0.25) is 0 Å². The van der Waals surface area contributed by atoms with Crippen LogP contribution in [0.25, 0.3) is 0 Å². The summed E-state index contributed by atoms with van der Waals surface area (Å²) in [5.41, 5.74) is 2.42. The van der Waals surface area contributed by atoms with Gasteiger partial charge in [-0.2, -0.15) is 0 Å². The Morgan fingerprint density at radius 2 is 1.10 bits per heavy atom. The van der Waals surface area contributed by atoms with Crippen LogP contribution >= 0.6 is 0 Å². The van der Waals surface area contributed by atoms with Crippen molar-refractivity contribution in [2.75, 3.05) is 0 Å². The van der Waals surface area contributed by atoms with Crippen molar-refractivity contribution in [2.24, 2.45) is 0 Å². The van der Waals surface area contributed by atoms with Gasteiger partial charge < -0.3 is 34.8 Å². The summed E-state index contributed by atoms with van der Waals surface area (Å²) < 4.78 is 0. The zero-order valence-electron chi connectivity index (χ0n) is 14.2. The van der Waals surface area contributed by atoms with E-state index in [2.05, 4.69) is 62.3 Å². The molecule has 0 aliphatic rings. The predicted molar refractivity (Wildman–Crippen MR) is 73.7 cm³/mol. The first-order valence-corrected chi connectivity index (χ1v) is 6.39. The molecule has 20 heavy (non-hydrogen) atoms. The van der Waals surface area contributed by atoms with Crippen LogP contribution in [0.15, 0.2) is 0 Å². The Hall–Kier alpha value is 0.504. The molecule has 0 atom stereocenters. The average Bonchev–Trinajstić information content (AvgIpc) is 2.42. The fourth-order valence-corrected chi connectivity index (χ4v) is 1.72. The van der Waals surface area contributed by atoms with Gasteiger partial charge in [-0.05, 0) is 16.2 Å². The molecule has 0 N–H and O–H groups in total. The Bertz CT molecular complexity index is 375. The average molecular weight is 354 g/mol. The van der Waals surface area contributed by atoms with Gasteiger partial charge in [0.25, 0.3) is 0 Å². The number of aromatic nitrogens is 2. The summed E-state index contributed by atoms with van der Waals surface area (Å²) in [5.74, 6) is 0.965. The van der Waals surface area contributed by atoms with Crippen LogP contribution < -0.4 is 29.8 Å². The van der Waals surface area contributed by atoms with Crippen LogP contribution in [0.4, 0.5) is 0 Å². The van der Waals surface area contributed by atoms with E-state index in [-0.39, 0.29) is 62.8 Å². The van der Waals surface area contributed by atoms with Crippen LogP contribution in [0, 0.1) is 0 Å². The van der Waals surface area contributed by atoms with Crippen molar-refractivity contribution in [3.8, 4) is 0 Å². The number of rotatable bonds is 0. The number of hydrogen-bond donors (Lipinski definition) is 0. The van der Waals surface area contributed by atoms with E-state index >= 15 is 0 Å². The van der Waals surface area contributed by atoms with Gasteiger partial charge in [-0.15, -0.1) is 0 Å². The Morgan fingerprint density at radius 1 is 0.700 bits per heavy atom. The summed E-state index contributed by atoms with van der Waals surface area (Å²) in [7, 11) is 0. The van der Waals surface area contributed by atoms with Gasteiger partial charge in [0.15, 0.2) is 0 Å². The molecular formula is C15H27Cl2N2Ti. The Morgan fingerprint density at radius 3 is 1.30 bits per heavy atom. The minimum absolute atomic E-state index is 0. The second kappa shape index (κ2) is 7.67. The van der Waals surface area contributed by atoms with Gasteiger partial charge in [0, 0.05) is 0 Å². The van der Waals surface area contributed by atoms with Crippen molar-refractivity contribution in [2.45, 2.75) is 78.6 Å². The van der Waals surface area contributed by atoms with Gasteiger partial charge in [0.2, 0.25) is 0 Å². The molecule has 1 radical (unpaired) electrons. The maximum Gasteiger partial charge on any atom is 3.00 e. The van der Waals surface area contributed by atoms with E-state index in [1.54, 1.807) is 0 Å². The third-order valence-corrected chi connectivity index (χ3v) is 2.75. The van der Waals surface area contributed by atoms with Crippen molar-refractivity contribution >= 4 is 0 Å². The number of hydrogen-bond acceptors (Lipinski definition) is 1. The quantitative estimate of drug-likeness (QED) is 0.501. The maximum atomic E-state index is 4.81. The predicted octanol–water partition coefficient (Wildman–Crippen LogP) is -2.06. The number of imidazole rings is 1. The van der Waals surface area contributed by atoms with Crippen LogP contribution in [0.1, 0.15) is 79.5 Å².